The number of phenolic OH excluding ortho intramolecular Hbond substituents is 1. The van der Waals surface area contributed by atoms with E-state index < -0.39 is 0 Å². The van der Waals surface area contributed by atoms with Gasteiger partial charge in [-0.1, -0.05) is 36.4 Å². The zero-order valence-electron chi connectivity index (χ0n) is 9.96. The van der Waals surface area contributed by atoms with Gasteiger partial charge < -0.3 is 5.11 Å². The van der Waals surface area contributed by atoms with Crippen LogP contribution in [-0.4, -0.2) is 5.11 Å². The molecule has 0 saturated heterocycles. The highest BCUT2D eigenvalue weighted by atomic mass is 16.3. The number of rotatable bonds is 2. The normalized spacial score (nSPS) is 13.4. The number of benzene rings is 2. The molecule has 3 nitrogen and oxygen atoms in total. The Balaban J connectivity index is 2.26. The highest BCUT2D eigenvalue weighted by molar-refractivity contribution is 6.07. The largest absolute Gasteiger partial charge is 0.507 e. The Morgan fingerprint density at radius 2 is 1.94 bits per heavy atom. The van der Waals surface area contributed by atoms with Gasteiger partial charge in [0.1, 0.15) is 5.75 Å². The highest BCUT2D eigenvalue weighted by Gasteiger charge is 2.16. The number of allylic oxidation sites excluding steroid dienone is 3. The molecule has 18 heavy (non-hydrogen) atoms. The first-order chi connectivity index (χ1) is 8.81. The molecule has 1 aliphatic heterocycles. The summed E-state index contributed by atoms with van der Waals surface area (Å²) in [6, 6.07) is 7.53. The molecule has 88 valence electrons. The summed E-state index contributed by atoms with van der Waals surface area (Å²) in [5.74, 6) is 0.281. The van der Waals surface area contributed by atoms with Gasteiger partial charge in [-0.2, -0.15) is 0 Å². The lowest BCUT2D eigenvalue weighted by Gasteiger charge is -2.05. The van der Waals surface area contributed by atoms with E-state index in [2.05, 4.69) is 10.2 Å². The smallest absolute Gasteiger partial charge is 0.130 e. The molecule has 0 aromatic heterocycles. The van der Waals surface area contributed by atoms with E-state index >= 15 is 0 Å². The minimum Gasteiger partial charge on any atom is -0.507 e. The standard InChI is InChI=1S/C15H12N2O/c1-2-3-4-6-10-9-13-14-11(15(10)18)7-5-8-12(14)16-17-13/h2-9,18H,1H3/b3-2-,6-4-. The quantitative estimate of drug-likeness (QED) is 0.634. The predicted octanol–water partition coefficient (Wildman–Crippen LogP) is 4.86. The Kier molecular flexibility index (Phi) is 2.45. The van der Waals surface area contributed by atoms with Crippen LogP contribution in [0, 0.1) is 0 Å². The van der Waals surface area contributed by atoms with E-state index in [0.717, 1.165) is 27.7 Å². The Hall–Kier alpha value is -2.42. The van der Waals surface area contributed by atoms with E-state index in [4.69, 9.17) is 0 Å². The minimum atomic E-state index is 0.281. The molecule has 0 aliphatic carbocycles. The molecule has 0 atom stereocenters. The van der Waals surface area contributed by atoms with Crippen LogP contribution in [0.15, 0.2) is 52.7 Å². The van der Waals surface area contributed by atoms with E-state index in [1.807, 2.05) is 55.5 Å². The zero-order chi connectivity index (χ0) is 12.5. The van der Waals surface area contributed by atoms with Crippen molar-refractivity contribution in [1.82, 2.24) is 0 Å². The maximum Gasteiger partial charge on any atom is 0.130 e. The first-order valence-corrected chi connectivity index (χ1v) is 5.81. The summed E-state index contributed by atoms with van der Waals surface area (Å²) in [7, 11) is 0. The number of hydrogen-bond donors (Lipinski definition) is 1. The Bertz CT molecular complexity index is 712. The molecule has 0 radical (unpaired) electrons. The second kappa shape index (κ2) is 4.11. The Labute approximate surface area is 105 Å². The fourth-order valence-corrected chi connectivity index (χ4v) is 2.12. The van der Waals surface area contributed by atoms with Gasteiger partial charge in [0.2, 0.25) is 0 Å². The molecule has 0 fully saturated rings. The van der Waals surface area contributed by atoms with Gasteiger partial charge in [-0.3, -0.25) is 0 Å². The highest BCUT2D eigenvalue weighted by Crippen LogP contribution is 2.45. The maximum atomic E-state index is 10.3. The van der Waals surface area contributed by atoms with Crippen LogP contribution in [0.25, 0.3) is 16.8 Å². The number of phenols is 1. The summed E-state index contributed by atoms with van der Waals surface area (Å²) < 4.78 is 0. The van der Waals surface area contributed by atoms with Crippen LogP contribution in [0.5, 0.6) is 5.75 Å². The molecule has 0 unspecified atom stereocenters. The third kappa shape index (κ3) is 1.52. The monoisotopic (exact) mass is 236 g/mol. The van der Waals surface area contributed by atoms with Crippen molar-refractivity contribution in [2.45, 2.75) is 6.92 Å². The topological polar surface area (TPSA) is 45.0 Å². The van der Waals surface area contributed by atoms with Crippen LogP contribution in [0.2, 0.25) is 0 Å². The van der Waals surface area contributed by atoms with Crippen molar-refractivity contribution < 1.29 is 5.11 Å². The van der Waals surface area contributed by atoms with Crippen molar-refractivity contribution in [3.05, 3.63) is 48.1 Å². The molecule has 1 N–H and O–H groups in total. The lowest BCUT2D eigenvalue weighted by atomic mass is 10.0. The molecule has 1 heterocycles. The lowest BCUT2D eigenvalue weighted by Crippen LogP contribution is -1.79. The average Bonchev–Trinajstić information content (AvgIpc) is 2.80. The van der Waals surface area contributed by atoms with Gasteiger partial charge in [-0.25, -0.2) is 0 Å². The summed E-state index contributed by atoms with van der Waals surface area (Å²) >= 11 is 0. The third-order valence-corrected chi connectivity index (χ3v) is 2.96. The van der Waals surface area contributed by atoms with Gasteiger partial charge in [0.25, 0.3) is 0 Å². The fourth-order valence-electron chi connectivity index (χ4n) is 2.12. The number of aromatic hydroxyl groups is 1. The zero-order valence-corrected chi connectivity index (χ0v) is 9.96. The lowest BCUT2D eigenvalue weighted by molar-refractivity contribution is 0.480. The first-order valence-electron chi connectivity index (χ1n) is 5.81. The molecule has 2 aromatic rings. The fraction of sp³-hybridized carbons (Fsp3) is 0.0667. The Morgan fingerprint density at radius 1 is 1.11 bits per heavy atom. The van der Waals surface area contributed by atoms with Gasteiger partial charge in [0.05, 0.1) is 11.4 Å². The average molecular weight is 236 g/mol. The molecule has 3 heteroatoms. The molecular weight excluding hydrogens is 224 g/mol. The van der Waals surface area contributed by atoms with Gasteiger partial charge in [0.15, 0.2) is 0 Å². The second-order valence-corrected chi connectivity index (χ2v) is 4.12. The summed E-state index contributed by atoms with van der Waals surface area (Å²) in [6.45, 7) is 1.95. The summed E-state index contributed by atoms with van der Waals surface area (Å²) in [4.78, 5) is 0. The maximum absolute atomic E-state index is 10.3. The molecule has 0 saturated carbocycles. The van der Waals surface area contributed by atoms with E-state index in [9.17, 15) is 5.11 Å². The van der Waals surface area contributed by atoms with E-state index in [1.54, 1.807) is 0 Å². The van der Waals surface area contributed by atoms with E-state index in [1.165, 1.54) is 0 Å². The van der Waals surface area contributed by atoms with Crippen LogP contribution < -0.4 is 0 Å². The molecular formula is C15H12N2O. The summed E-state index contributed by atoms with van der Waals surface area (Å²) in [5.41, 5.74) is 2.40. The van der Waals surface area contributed by atoms with Crippen LogP contribution >= 0.6 is 0 Å². The van der Waals surface area contributed by atoms with Crippen molar-refractivity contribution in [2.24, 2.45) is 10.2 Å². The summed E-state index contributed by atoms with van der Waals surface area (Å²) in [6.07, 6.45) is 7.61. The van der Waals surface area contributed by atoms with Crippen LogP contribution in [0.4, 0.5) is 11.4 Å². The summed E-state index contributed by atoms with van der Waals surface area (Å²) in [5, 5.41) is 20.2. The van der Waals surface area contributed by atoms with Crippen molar-refractivity contribution in [2.75, 3.05) is 0 Å². The van der Waals surface area contributed by atoms with Crippen LogP contribution in [-0.2, 0) is 0 Å². The van der Waals surface area contributed by atoms with Gasteiger partial charge in [0, 0.05) is 16.3 Å². The number of azo groups is 1. The van der Waals surface area contributed by atoms with Crippen molar-refractivity contribution >= 4 is 28.2 Å². The molecule has 0 spiro atoms. The molecule has 3 rings (SSSR count). The van der Waals surface area contributed by atoms with Gasteiger partial charge >= 0.3 is 0 Å². The van der Waals surface area contributed by atoms with Gasteiger partial charge in [-0.15, -0.1) is 10.2 Å². The minimum absolute atomic E-state index is 0.281. The third-order valence-electron chi connectivity index (χ3n) is 2.96. The van der Waals surface area contributed by atoms with Gasteiger partial charge in [-0.05, 0) is 19.1 Å². The molecule has 0 bridgehead atoms. The number of nitrogens with zero attached hydrogens (tertiary/aromatic N) is 2. The van der Waals surface area contributed by atoms with E-state index in [0.29, 0.717) is 0 Å². The molecule has 2 aromatic carbocycles. The molecule has 0 amide bonds. The van der Waals surface area contributed by atoms with Crippen LogP contribution in [0.1, 0.15) is 12.5 Å². The predicted molar refractivity (Wildman–Crippen MR) is 73.6 cm³/mol. The number of hydrogen-bond acceptors (Lipinski definition) is 3. The first kappa shape index (κ1) is 10.7. The van der Waals surface area contributed by atoms with Crippen molar-refractivity contribution in [1.29, 1.82) is 0 Å². The molecule has 1 aliphatic rings. The SMILES string of the molecule is C/C=C\C=C/c1cc2c3c(cccc3c1O)N=N2. The Morgan fingerprint density at radius 3 is 2.78 bits per heavy atom. The van der Waals surface area contributed by atoms with Crippen LogP contribution in [0.3, 0.4) is 0 Å². The van der Waals surface area contributed by atoms with E-state index in [-0.39, 0.29) is 5.75 Å². The van der Waals surface area contributed by atoms with Crippen molar-refractivity contribution in [3.8, 4) is 5.75 Å². The second-order valence-electron chi connectivity index (χ2n) is 4.12. The van der Waals surface area contributed by atoms with Crippen molar-refractivity contribution in [3.63, 3.8) is 0 Å².